The van der Waals surface area contributed by atoms with Gasteiger partial charge in [0, 0.05) is 11.8 Å². The molecule has 0 saturated heterocycles. The third kappa shape index (κ3) is 3.00. The van der Waals surface area contributed by atoms with E-state index in [9.17, 15) is 14.9 Å². The van der Waals surface area contributed by atoms with E-state index in [4.69, 9.17) is 10.5 Å². The van der Waals surface area contributed by atoms with E-state index in [-0.39, 0.29) is 29.8 Å². The van der Waals surface area contributed by atoms with Gasteiger partial charge in [-0.1, -0.05) is 0 Å². The van der Waals surface area contributed by atoms with Gasteiger partial charge in [-0.15, -0.1) is 12.4 Å². The summed E-state index contributed by atoms with van der Waals surface area (Å²) < 4.78 is 4.89. The van der Waals surface area contributed by atoms with Gasteiger partial charge >= 0.3 is 5.69 Å². The number of nitro groups is 1. The highest BCUT2D eigenvalue weighted by Crippen LogP contribution is 2.32. The highest BCUT2D eigenvalue weighted by atomic mass is 35.5. The molecule has 0 aliphatic heterocycles. The molecule has 0 atom stereocenters. The number of anilines is 1. The number of methoxy groups -OCH3 is 1. The number of rotatable bonds is 4. The Morgan fingerprint density at radius 3 is 2.60 bits per heavy atom. The first kappa shape index (κ1) is 16.2. The quantitative estimate of drug-likeness (QED) is 0.651. The minimum Gasteiger partial charge on any atom is -0.490 e. The van der Waals surface area contributed by atoms with Crippen LogP contribution in [0.2, 0.25) is 0 Å². The lowest BCUT2D eigenvalue weighted by molar-refractivity contribution is -0.385. The molecule has 7 nitrogen and oxygen atoms in total. The predicted octanol–water partition coefficient (Wildman–Crippen LogP) is 1.85. The number of benzene rings is 1. The lowest BCUT2D eigenvalue weighted by Gasteiger charge is -2.36. The van der Waals surface area contributed by atoms with Crippen LogP contribution in [0.25, 0.3) is 0 Å². The smallest absolute Gasteiger partial charge is 0.312 e. The Morgan fingerprint density at radius 2 is 2.15 bits per heavy atom. The molecule has 1 amide bonds. The number of amides is 1. The molecule has 3 N–H and O–H groups in total. The van der Waals surface area contributed by atoms with E-state index >= 15 is 0 Å². The largest absolute Gasteiger partial charge is 0.490 e. The van der Waals surface area contributed by atoms with Crippen molar-refractivity contribution in [3.63, 3.8) is 0 Å². The van der Waals surface area contributed by atoms with Crippen LogP contribution in [0.3, 0.4) is 0 Å². The van der Waals surface area contributed by atoms with Crippen LogP contribution in [0, 0.1) is 10.1 Å². The standard InChI is InChI=1S/C12H15N3O4.ClH/c1-19-10-4-3-8(7-9(10)15(17)18)14-11(16)12(13)5-2-6-12;/h3-4,7H,2,5-6,13H2,1H3,(H,14,16);1H. The summed E-state index contributed by atoms with van der Waals surface area (Å²) in [7, 11) is 1.35. The van der Waals surface area contributed by atoms with E-state index in [0.29, 0.717) is 18.5 Å². The summed E-state index contributed by atoms with van der Waals surface area (Å²) in [4.78, 5) is 22.2. The number of ether oxygens (including phenoxy) is 1. The molecule has 1 saturated carbocycles. The topological polar surface area (TPSA) is 107 Å². The van der Waals surface area contributed by atoms with Crippen LogP contribution in [0.4, 0.5) is 11.4 Å². The van der Waals surface area contributed by atoms with Gasteiger partial charge in [0.1, 0.15) is 0 Å². The minimum absolute atomic E-state index is 0. The maximum Gasteiger partial charge on any atom is 0.312 e. The maximum atomic E-state index is 11.9. The van der Waals surface area contributed by atoms with Crippen molar-refractivity contribution in [1.29, 1.82) is 0 Å². The number of hydrogen-bond donors (Lipinski definition) is 2. The highest BCUT2D eigenvalue weighted by molar-refractivity contribution is 5.98. The Kier molecular flexibility index (Phi) is 4.91. The second kappa shape index (κ2) is 6.06. The number of carbonyl (C=O) groups excluding carboxylic acids is 1. The Bertz CT molecular complexity index is 531. The normalized spacial score (nSPS) is 15.5. The lowest BCUT2D eigenvalue weighted by atomic mass is 9.77. The van der Waals surface area contributed by atoms with Gasteiger partial charge in [0.2, 0.25) is 5.91 Å². The van der Waals surface area contributed by atoms with Gasteiger partial charge in [0.05, 0.1) is 17.6 Å². The zero-order valence-electron chi connectivity index (χ0n) is 10.9. The van der Waals surface area contributed by atoms with Crippen LogP contribution in [0.15, 0.2) is 18.2 Å². The minimum atomic E-state index is -0.839. The first-order valence-electron chi connectivity index (χ1n) is 5.89. The van der Waals surface area contributed by atoms with Crippen molar-refractivity contribution in [2.24, 2.45) is 5.73 Å². The Labute approximate surface area is 122 Å². The molecule has 20 heavy (non-hydrogen) atoms. The fourth-order valence-corrected chi connectivity index (χ4v) is 1.95. The van der Waals surface area contributed by atoms with Gasteiger partial charge < -0.3 is 15.8 Å². The second-order valence-corrected chi connectivity index (χ2v) is 4.61. The third-order valence-corrected chi connectivity index (χ3v) is 3.33. The first-order valence-corrected chi connectivity index (χ1v) is 5.89. The maximum absolute atomic E-state index is 11.9. The van der Waals surface area contributed by atoms with Crippen molar-refractivity contribution in [3.8, 4) is 5.75 Å². The lowest BCUT2D eigenvalue weighted by Crippen LogP contribution is -2.56. The van der Waals surface area contributed by atoms with Crippen LogP contribution >= 0.6 is 12.4 Å². The highest BCUT2D eigenvalue weighted by Gasteiger charge is 2.40. The van der Waals surface area contributed by atoms with Crippen LogP contribution in [-0.4, -0.2) is 23.5 Å². The molecule has 8 heteroatoms. The number of hydrogen-bond acceptors (Lipinski definition) is 5. The van der Waals surface area contributed by atoms with Crippen LogP contribution in [0.5, 0.6) is 5.75 Å². The van der Waals surface area contributed by atoms with Crippen molar-refractivity contribution in [2.45, 2.75) is 24.8 Å². The Balaban J connectivity index is 0.00000200. The second-order valence-electron chi connectivity index (χ2n) is 4.61. The van der Waals surface area contributed by atoms with Crippen molar-refractivity contribution in [3.05, 3.63) is 28.3 Å². The number of nitrogens with two attached hydrogens (primary N) is 1. The average Bonchev–Trinajstić information content (AvgIpc) is 2.35. The van der Waals surface area contributed by atoms with Gasteiger partial charge in [-0.05, 0) is 31.4 Å². The summed E-state index contributed by atoms with van der Waals surface area (Å²) in [6, 6.07) is 4.25. The van der Waals surface area contributed by atoms with Crippen molar-refractivity contribution < 1.29 is 14.5 Å². The zero-order valence-corrected chi connectivity index (χ0v) is 11.7. The molecule has 110 valence electrons. The number of nitro benzene ring substituents is 1. The number of carbonyl (C=O) groups is 1. The monoisotopic (exact) mass is 301 g/mol. The van der Waals surface area contributed by atoms with Gasteiger partial charge in [-0.3, -0.25) is 14.9 Å². The molecule has 1 aliphatic rings. The van der Waals surface area contributed by atoms with E-state index in [0.717, 1.165) is 6.42 Å². The molecule has 0 bridgehead atoms. The molecule has 2 rings (SSSR count). The molecule has 0 radical (unpaired) electrons. The summed E-state index contributed by atoms with van der Waals surface area (Å²) in [6.45, 7) is 0. The van der Waals surface area contributed by atoms with Crippen LogP contribution in [0.1, 0.15) is 19.3 Å². The molecule has 0 aromatic heterocycles. The van der Waals surface area contributed by atoms with Crippen molar-refractivity contribution in [2.75, 3.05) is 12.4 Å². The molecule has 1 fully saturated rings. The molecule has 0 spiro atoms. The molecule has 0 unspecified atom stereocenters. The SMILES string of the molecule is COc1ccc(NC(=O)C2(N)CCC2)cc1[N+](=O)[O-].Cl. The van der Waals surface area contributed by atoms with Crippen LogP contribution in [-0.2, 0) is 4.79 Å². The van der Waals surface area contributed by atoms with E-state index in [1.54, 1.807) is 6.07 Å². The Hall–Kier alpha value is -1.86. The summed E-state index contributed by atoms with van der Waals surface area (Å²) >= 11 is 0. The van der Waals surface area contributed by atoms with Crippen molar-refractivity contribution in [1.82, 2.24) is 0 Å². The molecular weight excluding hydrogens is 286 g/mol. The van der Waals surface area contributed by atoms with E-state index in [1.807, 2.05) is 0 Å². The Morgan fingerprint density at radius 1 is 1.50 bits per heavy atom. The average molecular weight is 302 g/mol. The van der Waals surface area contributed by atoms with Crippen molar-refractivity contribution >= 4 is 29.7 Å². The van der Waals surface area contributed by atoms with Gasteiger partial charge in [0.15, 0.2) is 5.75 Å². The van der Waals surface area contributed by atoms with E-state index in [1.165, 1.54) is 19.2 Å². The summed E-state index contributed by atoms with van der Waals surface area (Å²) in [5, 5.41) is 13.5. The molecule has 1 aromatic carbocycles. The summed E-state index contributed by atoms with van der Waals surface area (Å²) in [5.74, 6) is -0.160. The molecular formula is C12H16ClN3O4. The fourth-order valence-electron chi connectivity index (χ4n) is 1.95. The van der Waals surface area contributed by atoms with Gasteiger partial charge in [0.25, 0.3) is 0 Å². The number of nitrogens with one attached hydrogen (secondary N) is 1. The predicted molar refractivity (Wildman–Crippen MR) is 76.3 cm³/mol. The number of nitrogens with zero attached hydrogens (tertiary/aromatic N) is 1. The van der Waals surface area contributed by atoms with E-state index in [2.05, 4.69) is 5.32 Å². The molecule has 0 heterocycles. The zero-order chi connectivity index (χ0) is 14.0. The van der Waals surface area contributed by atoms with Gasteiger partial charge in [-0.2, -0.15) is 0 Å². The van der Waals surface area contributed by atoms with E-state index < -0.39 is 10.5 Å². The number of halogens is 1. The van der Waals surface area contributed by atoms with Gasteiger partial charge in [-0.25, -0.2) is 0 Å². The van der Waals surface area contributed by atoms with Crippen LogP contribution < -0.4 is 15.8 Å². The molecule has 1 aromatic rings. The molecule has 1 aliphatic carbocycles. The summed E-state index contributed by atoms with van der Waals surface area (Å²) in [6.07, 6.45) is 2.20. The first-order chi connectivity index (χ1) is 8.96. The third-order valence-electron chi connectivity index (χ3n) is 3.33. The fraction of sp³-hybridized carbons (Fsp3) is 0.417. The summed E-state index contributed by atoms with van der Waals surface area (Å²) in [5.41, 5.74) is 5.19.